The van der Waals surface area contributed by atoms with Crippen LogP contribution in [0.25, 0.3) is 5.53 Å². The van der Waals surface area contributed by atoms with Crippen LogP contribution in [-0.4, -0.2) is 26.5 Å². The first-order valence-corrected chi connectivity index (χ1v) is 7.74. The summed E-state index contributed by atoms with van der Waals surface area (Å²) >= 11 is 0. The molecule has 0 spiro atoms. The average molecular weight is 284 g/mol. The molecule has 1 aliphatic carbocycles. The standard InChI is InChI=1S/C11H13N2O5P/c12-13-7-3-1-2-6(4-5-19(16,17)18)8-9(7)11(15)10(8)14/h6H,1-5H2,(H2,16,17,18). The quantitative estimate of drug-likeness (QED) is 0.268. The Morgan fingerprint density at radius 1 is 1.32 bits per heavy atom. The highest BCUT2D eigenvalue weighted by molar-refractivity contribution is 7.51. The summed E-state index contributed by atoms with van der Waals surface area (Å²) in [7, 11) is -4.12. The number of hydrogen-bond acceptors (Lipinski definition) is 3. The Morgan fingerprint density at radius 3 is 2.58 bits per heavy atom. The molecule has 1 aromatic rings. The van der Waals surface area contributed by atoms with Crippen LogP contribution in [0.3, 0.4) is 0 Å². The fraction of sp³-hybridized carbons (Fsp3) is 0.545. The minimum Gasteiger partial charge on any atom is -0.361 e. The van der Waals surface area contributed by atoms with Gasteiger partial charge in [0, 0.05) is 5.56 Å². The van der Waals surface area contributed by atoms with Gasteiger partial charge in [0.2, 0.25) is 10.9 Å². The molecule has 0 aliphatic heterocycles. The van der Waals surface area contributed by atoms with Crippen molar-refractivity contribution >= 4 is 13.3 Å². The third-order valence-corrected chi connectivity index (χ3v) is 4.34. The van der Waals surface area contributed by atoms with E-state index in [1.165, 1.54) is 0 Å². The molecule has 102 valence electrons. The van der Waals surface area contributed by atoms with Crippen LogP contribution >= 0.6 is 7.60 Å². The van der Waals surface area contributed by atoms with E-state index >= 15 is 0 Å². The fourth-order valence-electron chi connectivity index (χ4n) is 2.58. The molecule has 2 rings (SSSR count). The summed E-state index contributed by atoms with van der Waals surface area (Å²) in [6.07, 6.45) is 1.39. The summed E-state index contributed by atoms with van der Waals surface area (Å²) in [6, 6.07) is 0. The molecule has 0 saturated carbocycles. The van der Waals surface area contributed by atoms with E-state index in [0.717, 1.165) is 0 Å². The third-order valence-electron chi connectivity index (χ3n) is 3.50. The van der Waals surface area contributed by atoms with Crippen LogP contribution in [0.2, 0.25) is 0 Å². The third kappa shape index (κ3) is 2.65. The van der Waals surface area contributed by atoms with Crippen molar-refractivity contribution in [2.75, 3.05) is 6.16 Å². The van der Waals surface area contributed by atoms with E-state index in [1.54, 1.807) is 0 Å². The highest BCUT2D eigenvalue weighted by atomic mass is 31.2. The molecule has 1 unspecified atom stereocenters. The molecule has 1 atom stereocenters. The van der Waals surface area contributed by atoms with E-state index in [4.69, 9.17) is 15.3 Å². The van der Waals surface area contributed by atoms with Crippen LogP contribution in [0, 0.1) is 0 Å². The number of fused-ring (bicyclic) bond motifs is 1. The topological polar surface area (TPSA) is 128 Å². The van der Waals surface area contributed by atoms with E-state index in [2.05, 4.69) is 4.79 Å². The molecule has 7 nitrogen and oxygen atoms in total. The molecule has 0 heterocycles. The van der Waals surface area contributed by atoms with E-state index in [9.17, 15) is 14.2 Å². The molecule has 0 fully saturated rings. The van der Waals surface area contributed by atoms with E-state index < -0.39 is 18.5 Å². The van der Waals surface area contributed by atoms with Crippen molar-refractivity contribution < 1.29 is 19.1 Å². The van der Waals surface area contributed by atoms with Gasteiger partial charge in [-0.25, -0.2) is 0 Å². The Bertz CT molecular complexity index is 676. The molecule has 0 saturated heterocycles. The van der Waals surface area contributed by atoms with Gasteiger partial charge in [0.15, 0.2) is 0 Å². The maximum absolute atomic E-state index is 11.6. The minimum absolute atomic E-state index is 0.153. The van der Waals surface area contributed by atoms with Crippen LogP contribution in [0.1, 0.15) is 42.7 Å². The highest BCUT2D eigenvalue weighted by Crippen LogP contribution is 2.40. The second-order valence-electron chi connectivity index (χ2n) is 4.76. The zero-order chi connectivity index (χ0) is 14.2. The predicted molar refractivity (Wildman–Crippen MR) is 67.2 cm³/mol. The summed E-state index contributed by atoms with van der Waals surface area (Å²) in [5.74, 6) is -0.341. The monoisotopic (exact) mass is 284 g/mol. The summed E-state index contributed by atoms with van der Waals surface area (Å²) in [4.78, 5) is 43.9. The van der Waals surface area contributed by atoms with Gasteiger partial charge in [0.05, 0.1) is 12.6 Å². The van der Waals surface area contributed by atoms with Crippen LogP contribution in [-0.2, 0) is 4.57 Å². The Labute approximate surface area is 108 Å². The van der Waals surface area contributed by atoms with E-state index in [1.807, 2.05) is 0 Å². The van der Waals surface area contributed by atoms with Gasteiger partial charge < -0.3 is 15.3 Å². The molecule has 0 aromatic heterocycles. The lowest BCUT2D eigenvalue weighted by Gasteiger charge is -2.17. The summed E-state index contributed by atoms with van der Waals surface area (Å²) in [5, 5.41) is 0. The Kier molecular flexibility index (Phi) is 3.65. The van der Waals surface area contributed by atoms with Crippen LogP contribution in [0.4, 0.5) is 0 Å². The maximum Gasteiger partial charge on any atom is 0.325 e. The van der Waals surface area contributed by atoms with Gasteiger partial charge in [-0.1, -0.05) is 0 Å². The number of rotatable bonds is 3. The first kappa shape index (κ1) is 14.0. The zero-order valence-electron chi connectivity index (χ0n) is 10.1. The van der Waals surface area contributed by atoms with Crippen LogP contribution in [0.5, 0.6) is 0 Å². The van der Waals surface area contributed by atoms with Crippen molar-refractivity contribution in [2.24, 2.45) is 0 Å². The lowest BCUT2D eigenvalue weighted by Crippen LogP contribution is -2.43. The predicted octanol–water partition coefficient (Wildman–Crippen LogP) is 0.137. The molecule has 19 heavy (non-hydrogen) atoms. The molecule has 0 bridgehead atoms. The van der Waals surface area contributed by atoms with Gasteiger partial charge >= 0.3 is 13.3 Å². The largest absolute Gasteiger partial charge is 0.361 e. The smallest absolute Gasteiger partial charge is 0.325 e. The van der Waals surface area contributed by atoms with Gasteiger partial charge in [-0.2, -0.15) is 4.79 Å². The van der Waals surface area contributed by atoms with Gasteiger partial charge in [-0.3, -0.25) is 14.2 Å². The van der Waals surface area contributed by atoms with Crippen LogP contribution < -0.4 is 10.9 Å². The summed E-state index contributed by atoms with van der Waals surface area (Å²) in [5.41, 5.74) is 8.22. The van der Waals surface area contributed by atoms with Gasteiger partial charge in [0.25, 0.3) is 0 Å². The maximum atomic E-state index is 11.6. The Morgan fingerprint density at radius 2 is 2.00 bits per heavy atom. The summed E-state index contributed by atoms with van der Waals surface area (Å²) in [6.45, 7) is 0. The van der Waals surface area contributed by atoms with Crippen molar-refractivity contribution in [1.82, 2.24) is 0 Å². The lowest BCUT2D eigenvalue weighted by molar-refractivity contribution is -0.00713. The van der Waals surface area contributed by atoms with Gasteiger partial charge in [-0.15, -0.1) is 0 Å². The SMILES string of the molecule is [N-]=[N+]=C1CCCC(CCP(=O)(O)O)c2c1c(=O)c2=O. The van der Waals surface area contributed by atoms with Crippen LogP contribution in [0.15, 0.2) is 9.59 Å². The molecule has 8 heteroatoms. The normalized spacial score (nSPS) is 19.9. The second kappa shape index (κ2) is 4.94. The van der Waals surface area contributed by atoms with Crippen molar-refractivity contribution in [3.05, 3.63) is 37.1 Å². The molecular weight excluding hydrogens is 271 g/mol. The Balaban J connectivity index is 2.35. The van der Waals surface area contributed by atoms with E-state index in [0.29, 0.717) is 19.3 Å². The van der Waals surface area contributed by atoms with E-state index in [-0.39, 0.29) is 35.3 Å². The zero-order valence-corrected chi connectivity index (χ0v) is 11.0. The molecule has 0 amide bonds. The lowest BCUT2D eigenvalue weighted by atomic mass is 9.86. The first-order valence-electron chi connectivity index (χ1n) is 5.94. The molecule has 1 aromatic carbocycles. The van der Waals surface area contributed by atoms with Crippen molar-refractivity contribution in [2.45, 2.75) is 31.6 Å². The number of hydrogen-bond donors (Lipinski definition) is 2. The Hall–Kier alpha value is -1.39. The molecule has 0 radical (unpaired) electrons. The molecule has 1 aliphatic rings. The number of nitrogens with zero attached hydrogens (tertiary/aromatic N) is 2. The van der Waals surface area contributed by atoms with Gasteiger partial charge in [0.1, 0.15) is 5.56 Å². The van der Waals surface area contributed by atoms with Crippen molar-refractivity contribution in [3.8, 4) is 0 Å². The first-order chi connectivity index (χ1) is 8.85. The molecular formula is C11H13N2O5P. The fourth-order valence-corrected chi connectivity index (χ4v) is 3.23. The van der Waals surface area contributed by atoms with Crippen molar-refractivity contribution in [1.29, 1.82) is 0 Å². The van der Waals surface area contributed by atoms with Crippen molar-refractivity contribution in [3.63, 3.8) is 0 Å². The highest BCUT2D eigenvalue weighted by Gasteiger charge is 2.37. The van der Waals surface area contributed by atoms with Gasteiger partial charge in [-0.05, 0) is 25.2 Å². The average Bonchev–Trinajstić information content (AvgIpc) is 2.51. The minimum atomic E-state index is -4.12. The molecule has 2 N–H and O–H groups in total. The summed E-state index contributed by atoms with van der Waals surface area (Å²) < 4.78 is 10.9. The second-order valence-corrected chi connectivity index (χ2v) is 6.54.